The fraction of sp³-hybridized carbons (Fsp3) is 0.576. The van der Waals surface area contributed by atoms with Crippen LogP contribution in [0.5, 0.6) is 5.75 Å². The number of aryl methyl sites for hydroxylation is 1. The zero-order valence-corrected chi connectivity index (χ0v) is 28.3. The summed E-state index contributed by atoms with van der Waals surface area (Å²) >= 11 is 4.68. The standard InChI is InChI=1S/C33H42F3N5O4S/c1-8-21-17-22(9-10-26(21)44-16-13-32(7)11-14-39(15-12-32)29(43)45-30(2,3)4)41-28(46)40(27(42)31(41,5)6)23-18-24(33(34,35)36)25(19-37)38-20-23/h9-10,17-18,20,28,46H,8,11-16H2,1-7H3. The Morgan fingerprint density at radius 2 is 1.78 bits per heavy atom. The molecule has 2 aliphatic rings. The van der Waals surface area contributed by atoms with Crippen molar-refractivity contribution in [2.24, 2.45) is 5.41 Å². The smallest absolute Gasteiger partial charge is 0.419 e. The summed E-state index contributed by atoms with van der Waals surface area (Å²) in [7, 11) is 0. The fourth-order valence-electron chi connectivity index (χ4n) is 5.85. The maximum absolute atomic E-state index is 13.7. The van der Waals surface area contributed by atoms with Crippen molar-refractivity contribution in [1.82, 2.24) is 9.88 Å². The van der Waals surface area contributed by atoms with Crippen molar-refractivity contribution in [2.45, 2.75) is 97.0 Å². The molecule has 2 aromatic rings. The number of hydrogen-bond donors (Lipinski definition) is 1. The second-order valence-electron chi connectivity index (χ2n) is 13.7. The van der Waals surface area contributed by atoms with Crippen LogP contribution in [0.1, 0.15) is 84.5 Å². The van der Waals surface area contributed by atoms with Gasteiger partial charge in [-0.1, -0.05) is 13.8 Å². The van der Waals surface area contributed by atoms with E-state index >= 15 is 0 Å². The molecule has 1 atom stereocenters. The number of thiol groups is 1. The summed E-state index contributed by atoms with van der Waals surface area (Å²) in [4.78, 5) is 34.4. The Morgan fingerprint density at radius 1 is 1.13 bits per heavy atom. The van der Waals surface area contributed by atoms with Crippen molar-refractivity contribution in [2.75, 3.05) is 29.5 Å². The summed E-state index contributed by atoms with van der Waals surface area (Å²) in [5.74, 6) is 0.250. The number of nitriles is 1. The molecule has 0 saturated carbocycles. The lowest BCUT2D eigenvalue weighted by atomic mass is 9.78. The van der Waals surface area contributed by atoms with E-state index in [0.717, 1.165) is 42.0 Å². The predicted molar refractivity (Wildman–Crippen MR) is 172 cm³/mol. The molecule has 2 aliphatic heterocycles. The zero-order chi connectivity index (χ0) is 34.2. The molecule has 0 aliphatic carbocycles. The monoisotopic (exact) mass is 661 g/mol. The van der Waals surface area contributed by atoms with Crippen LogP contribution in [-0.2, 0) is 22.1 Å². The number of halogens is 3. The van der Waals surface area contributed by atoms with Gasteiger partial charge in [-0.05, 0) is 95.5 Å². The van der Waals surface area contributed by atoms with E-state index in [9.17, 15) is 22.8 Å². The lowest BCUT2D eigenvalue weighted by molar-refractivity contribution is -0.138. The van der Waals surface area contributed by atoms with Gasteiger partial charge in [0.05, 0.1) is 24.1 Å². The first-order chi connectivity index (χ1) is 21.3. The Labute approximate surface area is 274 Å². The molecular weight excluding hydrogens is 619 g/mol. The summed E-state index contributed by atoms with van der Waals surface area (Å²) in [5, 5.41) is 9.14. The molecule has 1 aromatic heterocycles. The van der Waals surface area contributed by atoms with Gasteiger partial charge in [0.2, 0.25) is 0 Å². The van der Waals surface area contributed by atoms with E-state index in [0.29, 0.717) is 37.6 Å². The summed E-state index contributed by atoms with van der Waals surface area (Å²) < 4.78 is 52.8. The Balaban J connectivity index is 1.47. The lowest BCUT2D eigenvalue weighted by Gasteiger charge is -2.39. The molecule has 0 spiro atoms. The number of pyridine rings is 1. The summed E-state index contributed by atoms with van der Waals surface area (Å²) in [6, 6.07) is 7.80. The number of carbonyl (C=O) groups excluding carboxylic acids is 2. The van der Waals surface area contributed by atoms with Crippen LogP contribution in [0.2, 0.25) is 0 Å². The van der Waals surface area contributed by atoms with Gasteiger partial charge in [0.1, 0.15) is 23.0 Å². The highest BCUT2D eigenvalue weighted by Gasteiger charge is 2.52. The minimum Gasteiger partial charge on any atom is -0.493 e. The van der Waals surface area contributed by atoms with Crippen LogP contribution in [-0.4, -0.2) is 58.2 Å². The number of nitrogens with zero attached hydrogens (tertiary/aromatic N) is 5. The molecule has 3 heterocycles. The van der Waals surface area contributed by atoms with Gasteiger partial charge < -0.3 is 19.3 Å². The number of alkyl halides is 3. The highest BCUT2D eigenvalue weighted by Crippen LogP contribution is 2.43. The third kappa shape index (κ3) is 7.32. The van der Waals surface area contributed by atoms with Gasteiger partial charge in [-0.15, -0.1) is 12.6 Å². The average molecular weight is 662 g/mol. The van der Waals surface area contributed by atoms with Gasteiger partial charge in [0.15, 0.2) is 11.2 Å². The fourth-order valence-corrected chi connectivity index (χ4v) is 6.51. The summed E-state index contributed by atoms with van der Waals surface area (Å²) in [5.41, 5.74) is -3.14. The predicted octanol–water partition coefficient (Wildman–Crippen LogP) is 7.19. The third-order valence-corrected chi connectivity index (χ3v) is 9.12. The zero-order valence-electron chi connectivity index (χ0n) is 27.4. The van der Waals surface area contributed by atoms with E-state index in [1.165, 1.54) is 6.07 Å². The van der Waals surface area contributed by atoms with E-state index in [-0.39, 0.29) is 17.2 Å². The molecule has 4 rings (SSSR count). The summed E-state index contributed by atoms with van der Waals surface area (Å²) in [6.45, 7) is 14.9. The van der Waals surface area contributed by atoms with Crippen molar-refractivity contribution >= 4 is 36.0 Å². The van der Waals surface area contributed by atoms with Crippen LogP contribution in [0.4, 0.5) is 29.3 Å². The second-order valence-corrected chi connectivity index (χ2v) is 14.1. The van der Waals surface area contributed by atoms with Crippen LogP contribution in [0.15, 0.2) is 30.5 Å². The number of anilines is 2. The Hall–Kier alpha value is -3.66. The first-order valence-corrected chi connectivity index (χ1v) is 15.8. The van der Waals surface area contributed by atoms with Crippen LogP contribution in [0.25, 0.3) is 0 Å². The van der Waals surface area contributed by atoms with Crippen LogP contribution < -0.4 is 14.5 Å². The number of piperidine rings is 1. The number of rotatable bonds is 7. The van der Waals surface area contributed by atoms with E-state index < -0.39 is 40.0 Å². The molecule has 250 valence electrons. The maximum atomic E-state index is 13.7. The van der Waals surface area contributed by atoms with Gasteiger partial charge in [-0.3, -0.25) is 9.69 Å². The number of likely N-dealkylation sites (tertiary alicyclic amines) is 1. The number of aromatic nitrogens is 1. The molecule has 9 nitrogen and oxygen atoms in total. The van der Waals surface area contributed by atoms with E-state index in [2.05, 4.69) is 24.5 Å². The molecule has 46 heavy (non-hydrogen) atoms. The lowest BCUT2D eigenvalue weighted by Crippen LogP contribution is -2.45. The number of carbonyl (C=O) groups is 2. The molecular formula is C33H42F3N5O4S. The van der Waals surface area contributed by atoms with Crippen molar-refractivity contribution in [3.63, 3.8) is 0 Å². The Morgan fingerprint density at radius 3 is 2.35 bits per heavy atom. The van der Waals surface area contributed by atoms with Crippen LogP contribution in [0.3, 0.4) is 0 Å². The van der Waals surface area contributed by atoms with Gasteiger partial charge >= 0.3 is 12.3 Å². The molecule has 0 bridgehead atoms. The van der Waals surface area contributed by atoms with Crippen LogP contribution >= 0.6 is 12.6 Å². The Kier molecular flexibility index (Phi) is 9.84. The molecule has 1 unspecified atom stereocenters. The van der Waals surface area contributed by atoms with E-state index in [1.54, 1.807) is 23.6 Å². The average Bonchev–Trinajstić information content (AvgIpc) is 3.14. The maximum Gasteiger partial charge on any atom is 0.419 e. The molecule has 2 amide bonds. The molecule has 1 aromatic carbocycles. The molecule has 0 N–H and O–H groups in total. The molecule has 13 heteroatoms. The number of ether oxygens (including phenoxy) is 2. The van der Waals surface area contributed by atoms with E-state index in [1.807, 2.05) is 45.9 Å². The topological polar surface area (TPSA) is 99.0 Å². The molecule has 0 radical (unpaired) electrons. The minimum absolute atomic E-state index is 0.0136. The van der Waals surface area contributed by atoms with Gasteiger partial charge in [-0.25, -0.2) is 9.78 Å². The number of benzene rings is 1. The highest BCUT2D eigenvalue weighted by molar-refractivity contribution is 7.81. The second kappa shape index (κ2) is 12.9. The number of amides is 2. The van der Waals surface area contributed by atoms with Crippen molar-refractivity contribution in [3.8, 4) is 11.8 Å². The largest absolute Gasteiger partial charge is 0.493 e. The Bertz CT molecular complexity index is 1510. The summed E-state index contributed by atoms with van der Waals surface area (Å²) in [6.07, 6.45) is -0.891. The van der Waals surface area contributed by atoms with Gasteiger partial charge in [-0.2, -0.15) is 18.4 Å². The minimum atomic E-state index is -4.82. The normalized spacial score (nSPS) is 19.7. The quantitative estimate of drug-likeness (QED) is 0.314. The van der Waals surface area contributed by atoms with Crippen molar-refractivity contribution in [1.29, 1.82) is 5.26 Å². The third-order valence-electron chi connectivity index (χ3n) is 8.66. The van der Waals surface area contributed by atoms with Crippen molar-refractivity contribution in [3.05, 3.63) is 47.3 Å². The van der Waals surface area contributed by atoms with E-state index in [4.69, 9.17) is 14.7 Å². The molecule has 2 fully saturated rings. The van der Waals surface area contributed by atoms with Crippen LogP contribution in [0, 0.1) is 16.7 Å². The van der Waals surface area contributed by atoms with Gasteiger partial charge in [0.25, 0.3) is 5.91 Å². The first-order valence-electron chi connectivity index (χ1n) is 15.3. The van der Waals surface area contributed by atoms with Gasteiger partial charge in [0, 0.05) is 18.8 Å². The number of hydrogen-bond acceptors (Lipinski definition) is 8. The SMILES string of the molecule is CCc1cc(N2C(S)N(c3cnc(C#N)c(C(F)(F)F)c3)C(=O)C2(C)C)ccc1OCCC1(C)CCN(C(=O)OC(C)(C)C)CC1. The molecule has 2 saturated heterocycles. The first kappa shape index (κ1) is 35.2. The highest BCUT2D eigenvalue weighted by atomic mass is 32.1. The van der Waals surface area contributed by atoms with Crippen molar-refractivity contribution < 1.29 is 32.2 Å².